The first-order valence-corrected chi connectivity index (χ1v) is 11.8. The Labute approximate surface area is 187 Å². The predicted molar refractivity (Wildman–Crippen MR) is 132 cm³/mol. The van der Waals surface area contributed by atoms with Crippen molar-refractivity contribution in [1.82, 2.24) is 14.8 Å². The van der Waals surface area contributed by atoms with Gasteiger partial charge in [0.2, 0.25) is 0 Å². The maximum atomic E-state index is 10.6. The van der Waals surface area contributed by atoms with E-state index in [1.807, 2.05) is 19.9 Å². The van der Waals surface area contributed by atoms with E-state index >= 15 is 0 Å². The molecule has 1 saturated heterocycles. The molecule has 1 aromatic carbocycles. The Morgan fingerprint density at radius 2 is 1.71 bits per heavy atom. The molecule has 31 heavy (non-hydrogen) atoms. The number of piperidine rings is 1. The van der Waals surface area contributed by atoms with E-state index in [4.69, 9.17) is 0 Å². The molecule has 0 bridgehead atoms. The Morgan fingerprint density at radius 3 is 2.48 bits per heavy atom. The third-order valence-electron chi connectivity index (χ3n) is 6.41. The van der Waals surface area contributed by atoms with Crippen molar-refractivity contribution in [1.29, 1.82) is 0 Å². The number of benzene rings is 1. The van der Waals surface area contributed by atoms with Gasteiger partial charge in [-0.3, -0.25) is 0 Å². The number of allylic oxidation sites excluding steroid dienone is 4. The standard InChI is InChI=1S/C13H19NO.C12H14N2.C2H6/c1-14-10-8-13(15,9-11-14)12-6-4-2-3-5-7-12;1-14-7-6-10-9-4-2-3-5-11(9)13-12(10)8-14;1-2/h2,4-7,15H,3,8-11H2,1H3;2-5,13H,6-8H2,1H3;1-2H3. The molecule has 4 heteroatoms. The minimum absolute atomic E-state index is 0.600. The lowest BCUT2D eigenvalue weighted by atomic mass is 9.84. The van der Waals surface area contributed by atoms with Gasteiger partial charge in [-0.25, -0.2) is 0 Å². The van der Waals surface area contributed by atoms with Crippen LogP contribution in [0.3, 0.4) is 0 Å². The highest BCUT2D eigenvalue weighted by Gasteiger charge is 2.33. The Morgan fingerprint density at radius 1 is 0.968 bits per heavy atom. The zero-order valence-corrected chi connectivity index (χ0v) is 19.7. The molecule has 0 amide bonds. The number of rotatable bonds is 1. The van der Waals surface area contributed by atoms with E-state index in [9.17, 15) is 5.11 Å². The third kappa shape index (κ3) is 5.76. The summed E-state index contributed by atoms with van der Waals surface area (Å²) >= 11 is 0. The number of aromatic nitrogens is 1. The average molecular weight is 422 g/mol. The summed E-state index contributed by atoms with van der Waals surface area (Å²) in [5, 5.41) is 12.0. The molecule has 0 spiro atoms. The minimum atomic E-state index is -0.600. The lowest BCUT2D eigenvalue weighted by molar-refractivity contribution is 0.0192. The summed E-state index contributed by atoms with van der Waals surface area (Å²) in [5.41, 5.74) is 4.69. The molecule has 168 valence electrons. The van der Waals surface area contributed by atoms with Crippen LogP contribution in [0.2, 0.25) is 0 Å². The molecule has 3 heterocycles. The molecule has 2 N–H and O–H groups in total. The lowest BCUT2D eigenvalue weighted by Gasteiger charge is -2.37. The predicted octanol–water partition coefficient (Wildman–Crippen LogP) is 5.07. The molecule has 1 aromatic heterocycles. The smallest absolute Gasteiger partial charge is 0.0920 e. The van der Waals surface area contributed by atoms with Crippen LogP contribution in [0.1, 0.15) is 44.4 Å². The summed E-state index contributed by atoms with van der Waals surface area (Å²) in [4.78, 5) is 8.13. The van der Waals surface area contributed by atoms with Gasteiger partial charge in [-0.15, -0.1) is 0 Å². The van der Waals surface area contributed by atoms with Crippen LogP contribution in [0, 0.1) is 0 Å². The molecule has 1 fully saturated rings. The quantitative estimate of drug-likeness (QED) is 0.676. The van der Waals surface area contributed by atoms with Gasteiger partial charge >= 0.3 is 0 Å². The molecule has 2 aromatic rings. The first-order valence-electron chi connectivity index (χ1n) is 11.8. The molecular formula is C27H39N3O. The number of nitrogens with zero attached hydrogens (tertiary/aromatic N) is 2. The zero-order valence-electron chi connectivity index (χ0n) is 19.7. The van der Waals surface area contributed by atoms with Gasteiger partial charge in [-0.1, -0.05) is 62.4 Å². The van der Waals surface area contributed by atoms with Crippen molar-refractivity contribution < 1.29 is 5.11 Å². The number of likely N-dealkylation sites (tertiary alicyclic amines) is 1. The molecule has 0 unspecified atom stereocenters. The van der Waals surface area contributed by atoms with Gasteiger partial charge in [-0.05, 0) is 57.0 Å². The van der Waals surface area contributed by atoms with E-state index in [1.165, 1.54) is 35.1 Å². The molecule has 0 atom stereocenters. The monoisotopic (exact) mass is 421 g/mol. The van der Waals surface area contributed by atoms with Crippen molar-refractivity contribution in [2.75, 3.05) is 33.7 Å². The summed E-state index contributed by atoms with van der Waals surface area (Å²) < 4.78 is 0. The molecular weight excluding hydrogens is 382 g/mol. The van der Waals surface area contributed by atoms with Crippen LogP contribution in [-0.2, 0) is 13.0 Å². The van der Waals surface area contributed by atoms with Crippen molar-refractivity contribution in [2.24, 2.45) is 0 Å². The highest BCUT2D eigenvalue weighted by molar-refractivity contribution is 5.84. The second kappa shape index (κ2) is 10.9. The van der Waals surface area contributed by atoms with Crippen LogP contribution in [-0.4, -0.2) is 59.2 Å². The maximum absolute atomic E-state index is 10.6. The summed E-state index contributed by atoms with van der Waals surface area (Å²) in [6.07, 6.45) is 14.2. The normalized spacial score (nSPS) is 20.6. The van der Waals surface area contributed by atoms with Gasteiger partial charge < -0.3 is 19.9 Å². The fourth-order valence-corrected chi connectivity index (χ4v) is 4.49. The first kappa shape index (κ1) is 23.5. The van der Waals surface area contributed by atoms with Crippen LogP contribution < -0.4 is 0 Å². The van der Waals surface area contributed by atoms with Gasteiger partial charge in [-0.2, -0.15) is 0 Å². The topological polar surface area (TPSA) is 42.5 Å². The van der Waals surface area contributed by atoms with Crippen LogP contribution in [0.25, 0.3) is 10.9 Å². The van der Waals surface area contributed by atoms with Crippen molar-refractivity contribution in [3.05, 3.63) is 71.5 Å². The largest absolute Gasteiger partial charge is 0.385 e. The molecule has 3 aliphatic rings. The number of hydrogen-bond acceptors (Lipinski definition) is 3. The third-order valence-corrected chi connectivity index (χ3v) is 6.41. The van der Waals surface area contributed by atoms with Crippen molar-refractivity contribution >= 4 is 10.9 Å². The van der Waals surface area contributed by atoms with Crippen molar-refractivity contribution in [3.63, 3.8) is 0 Å². The molecule has 1 aliphatic carbocycles. The average Bonchev–Trinajstić information content (AvgIpc) is 2.95. The van der Waals surface area contributed by atoms with E-state index in [0.29, 0.717) is 0 Å². The summed E-state index contributed by atoms with van der Waals surface area (Å²) in [7, 11) is 4.28. The van der Waals surface area contributed by atoms with Crippen molar-refractivity contribution in [2.45, 2.75) is 51.7 Å². The highest BCUT2D eigenvalue weighted by Crippen LogP contribution is 2.31. The van der Waals surface area contributed by atoms with Gasteiger partial charge in [0, 0.05) is 42.8 Å². The number of nitrogens with one attached hydrogen (secondary N) is 1. The zero-order chi connectivity index (χ0) is 22.3. The fraction of sp³-hybridized carbons (Fsp3) is 0.481. The SMILES string of the molecule is CC.CN1CCC(O)(C2=CC=CCC=C2)CC1.CN1CCc2c([nH]c3ccccc23)C1. The fourth-order valence-electron chi connectivity index (χ4n) is 4.49. The van der Waals surface area contributed by atoms with E-state index in [2.05, 4.69) is 77.4 Å². The molecule has 5 rings (SSSR count). The van der Waals surface area contributed by atoms with E-state index in [1.54, 1.807) is 0 Å². The van der Waals surface area contributed by atoms with Crippen LogP contribution >= 0.6 is 0 Å². The minimum Gasteiger partial charge on any atom is -0.385 e. The number of aromatic amines is 1. The first-order chi connectivity index (χ1) is 15.0. The Balaban J connectivity index is 0.000000163. The highest BCUT2D eigenvalue weighted by atomic mass is 16.3. The van der Waals surface area contributed by atoms with Crippen LogP contribution in [0.15, 0.2) is 60.2 Å². The van der Waals surface area contributed by atoms with Crippen LogP contribution in [0.4, 0.5) is 0 Å². The Kier molecular flexibility index (Phi) is 8.30. The number of fused-ring (bicyclic) bond motifs is 3. The number of H-pyrrole nitrogens is 1. The number of para-hydroxylation sites is 1. The Bertz CT molecular complexity index is 929. The van der Waals surface area contributed by atoms with Crippen molar-refractivity contribution in [3.8, 4) is 0 Å². The van der Waals surface area contributed by atoms with Gasteiger partial charge in [0.05, 0.1) is 5.60 Å². The lowest BCUT2D eigenvalue weighted by Crippen LogP contribution is -2.43. The van der Waals surface area contributed by atoms with E-state index < -0.39 is 5.60 Å². The van der Waals surface area contributed by atoms with E-state index in [0.717, 1.165) is 44.5 Å². The molecule has 0 saturated carbocycles. The van der Waals surface area contributed by atoms with E-state index in [-0.39, 0.29) is 0 Å². The summed E-state index contributed by atoms with van der Waals surface area (Å²) in [6, 6.07) is 8.59. The molecule has 2 aliphatic heterocycles. The molecule has 0 radical (unpaired) electrons. The second-order valence-electron chi connectivity index (χ2n) is 8.64. The maximum Gasteiger partial charge on any atom is 0.0920 e. The van der Waals surface area contributed by atoms with Gasteiger partial charge in [0.15, 0.2) is 0 Å². The van der Waals surface area contributed by atoms with Crippen LogP contribution in [0.5, 0.6) is 0 Å². The number of aliphatic hydroxyl groups is 1. The summed E-state index contributed by atoms with van der Waals surface area (Å²) in [6.45, 7) is 8.19. The van der Waals surface area contributed by atoms with Gasteiger partial charge in [0.25, 0.3) is 0 Å². The van der Waals surface area contributed by atoms with Gasteiger partial charge in [0.1, 0.15) is 0 Å². The summed E-state index contributed by atoms with van der Waals surface area (Å²) in [5.74, 6) is 0. The second-order valence-corrected chi connectivity index (χ2v) is 8.64. The number of likely N-dealkylation sites (N-methyl/N-ethyl adjacent to an activating group) is 1. The number of hydrogen-bond donors (Lipinski definition) is 2. The Hall–Kier alpha value is -2.14. The molecule has 4 nitrogen and oxygen atoms in total.